The predicted octanol–water partition coefficient (Wildman–Crippen LogP) is 1.63. The molecule has 1 atom stereocenters. The second kappa shape index (κ2) is 9.48. The van der Waals surface area contributed by atoms with Crippen LogP contribution in [-0.2, 0) is 19.4 Å². The Morgan fingerprint density at radius 2 is 1.81 bits per heavy atom. The minimum absolute atomic E-state index is 0.0237. The van der Waals surface area contributed by atoms with Gasteiger partial charge in [-0.25, -0.2) is 8.42 Å². The quantitative estimate of drug-likeness (QED) is 0.740. The summed E-state index contributed by atoms with van der Waals surface area (Å²) in [7, 11) is -3.44. The Balaban J connectivity index is 1.84. The zero-order valence-electron chi connectivity index (χ0n) is 15.9. The van der Waals surface area contributed by atoms with E-state index in [4.69, 9.17) is 4.74 Å². The normalized spacial score (nSPS) is 17.2. The highest BCUT2D eigenvalue weighted by Gasteiger charge is 2.24. The lowest BCUT2D eigenvalue weighted by atomic mass is 10.0. The Bertz CT molecular complexity index is 680. The number of nitrogens with one attached hydrogen (secondary N) is 1. The number of sulfone groups is 1. The Morgan fingerprint density at radius 1 is 1.19 bits per heavy atom. The number of ether oxygens (including phenoxy) is 1. The van der Waals surface area contributed by atoms with E-state index < -0.39 is 9.84 Å². The van der Waals surface area contributed by atoms with Gasteiger partial charge < -0.3 is 10.1 Å². The minimum Gasteiger partial charge on any atom is -0.379 e. The summed E-state index contributed by atoms with van der Waals surface area (Å²) in [5.74, 6) is -0.00417. The molecular weight excluding hydrogens is 352 g/mol. The molecule has 7 heteroatoms. The van der Waals surface area contributed by atoms with Crippen molar-refractivity contribution in [2.45, 2.75) is 38.1 Å². The Kier molecular flexibility index (Phi) is 7.61. The highest BCUT2D eigenvalue weighted by Crippen LogP contribution is 2.14. The maximum Gasteiger partial charge on any atom is 0.221 e. The van der Waals surface area contributed by atoms with E-state index in [1.165, 1.54) is 0 Å². The van der Waals surface area contributed by atoms with Crippen molar-refractivity contribution >= 4 is 15.7 Å². The zero-order valence-corrected chi connectivity index (χ0v) is 16.7. The maximum absolute atomic E-state index is 12.3. The minimum atomic E-state index is -3.44. The number of hydrogen-bond acceptors (Lipinski definition) is 5. The van der Waals surface area contributed by atoms with Crippen LogP contribution in [0.4, 0.5) is 0 Å². The van der Waals surface area contributed by atoms with Crippen molar-refractivity contribution in [1.29, 1.82) is 0 Å². The van der Waals surface area contributed by atoms with Gasteiger partial charge in [0, 0.05) is 32.1 Å². The fourth-order valence-corrected chi connectivity index (χ4v) is 4.33. The molecule has 1 heterocycles. The van der Waals surface area contributed by atoms with Crippen LogP contribution < -0.4 is 5.32 Å². The van der Waals surface area contributed by atoms with Gasteiger partial charge >= 0.3 is 0 Å². The summed E-state index contributed by atoms with van der Waals surface area (Å²) >= 11 is 0. The summed E-state index contributed by atoms with van der Waals surface area (Å²) in [5, 5.41) is 2.91. The van der Waals surface area contributed by atoms with Crippen molar-refractivity contribution in [1.82, 2.24) is 10.2 Å². The van der Waals surface area contributed by atoms with E-state index >= 15 is 0 Å². The van der Waals surface area contributed by atoms with E-state index in [2.05, 4.69) is 24.1 Å². The predicted molar refractivity (Wildman–Crippen MR) is 102 cm³/mol. The van der Waals surface area contributed by atoms with Gasteiger partial charge in [0.15, 0.2) is 9.84 Å². The van der Waals surface area contributed by atoms with Crippen LogP contribution in [-0.4, -0.2) is 63.9 Å². The molecule has 0 saturated carbocycles. The molecule has 1 saturated heterocycles. The van der Waals surface area contributed by atoms with Crippen molar-refractivity contribution in [2.24, 2.45) is 5.92 Å². The molecule has 0 aromatic heterocycles. The molecule has 6 nitrogen and oxygen atoms in total. The van der Waals surface area contributed by atoms with Crippen molar-refractivity contribution in [3.05, 3.63) is 29.8 Å². The molecule has 1 unspecified atom stereocenters. The van der Waals surface area contributed by atoms with Gasteiger partial charge in [-0.05, 0) is 25.0 Å². The van der Waals surface area contributed by atoms with Gasteiger partial charge in [-0.2, -0.15) is 0 Å². The molecule has 1 aromatic carbocycles. The van der Waals surface area contributed by atoms with Crippen LogP contribution in [0, 0.1) is 12.8 Å². The summed E-state index contributed by atoms with van der Waals surface area (Å²) in [6, 6.07) is 6.95. The molecule has 1 aromatic rings. The lowest BCUT2D eigenvalue weighted by molar-refractivity contribution is -0.121. The number of rotatable bonds is 8. The fourth-order valence-electron chi connectivity index (χ4n) is 3.09. The first-order chi connectivity index (χ1) is 12.3. The van der Waals surface area contributed by atoms with Gasteiger partial charge in [0.1, 0.15) is 0 Å². The summed E-state index contributed by atoms with van der Waals surface area (Å²) in [6.07, 6.45) is -0.0237. The third-order valence-corrected chi connectivity index (χ3v) is 6.50. The maximum atomic E-state index is 12.3. The first-order valence-corrected chi connectivity index (χ1v) is 10.8. The molecule has 146 valence electrons. The van der Waals surface area contributed by atoms with Gasteiger partial charge in [0.2, 0.25) is 5.91 Å². The number of carbonyl (C=O) groups excluding carboxylic acids is 1. The first-order valence-electron chi connectivity index (χ1n) is 9.17. The number of hydrogen-bond donors (Lipinski definition) is 1. The fraction of sp³-hybridized carbons (Fsp3) is 0.632. The van der Waals surface area contributed by atoms with E-state index in [0.29, 0.717) is 25.7 Å². The smallest absolute Gasteiger partial charge is 0.221 e. The summed E-state index contributed by atoms with van der Waals surface area (Å²) in [6.45, 7) is 9.85. The van der Waals surface area contributed by atoms with Gasteiger partial charge in [-0.1, -0.05) is 31.5 Å². The largest absolute Gasteiger partial charge is 0.379 e. The van der Waals surface area contributed by atoms with Crippen LogP contribution in [0.25, 0.3) is 0 Å². The van der Waals surface area contributed by atoms with Crippen LogP contribution in [0.3, 0.4) is 0 Å². The number of aryl methyl sites for hydroxylation is 1. The van der Waals surface area contributed by atoms with Gasteiger partial charge in [-0.3, -0.25) is 9.69 Å². The van der Waals surface area contributed by atoms with E-state index in [0.717, 1.165) is 18.7 Å². The van der Waals surface area contributed by atoms with Crippen LogP contribution >= 0.6 is 0 Å². The van der Waals surface area contributed by atoms with Crippen molar-refractivity contribution in [3.63, 3.8) is 0 Å². The van der Waals surface area contributed by atoms with Crippen LogP contribution in [0.2, 0.25) is 0 Å². The van der Waals surface area contributed by atoms with Gasteiger partial charge in [0.05, 0.1) is 23.9 Å². The summed E-state index contributed by atoms with van der Waals surface area (Å²) in [5.41, 5.74) is 1.00. The molecule has 1 N–H and O–H groups in total. The molecule has 0 radical (unpaired) electrons. The zero-order chi connectivity index (χ0) is 19.2. The topological polar surface area (TPSA) is 75.7 Å². The molecule has 1 fully saturated rings. The monoisotopic (exact) mass is 382 g/mol. The van der Waals surface area contributed by atoms with Crippen LogP contribution in [0.1, 0.15) is 25.8 Å². The third-order valence-electron chi connectivity index (χ3n) is 4.77. The first kappa shape index (κ1) is 20.9. The molecule has 0 spiro atoms. The van der Waals surface area contributed by atoms with E-state index in [1.807, 2.05) is 6.92 Å². The second-order valence-electron chi connectivity index (χ2n) is 7.15. The van der Waals surface area contributed by atoms with Crippen molar-refractivity contribution in [2.75, 3.05) is 38.6 Å². The Morgan fingerprint density at radius 3 is 2.38 bits per heavy atom. The van der Waals surface area contributed by atoms with E-state index in [1.54, 1.807) is 24.3 Å². The highest BCUT2D eigenvalue weighted by molar-refractivity contribution is 7.91. The average molecular weight is 383 g/mol. The standard InChI is InChI=1S/C19H30N2O4S/c1-15(2)18(21-9-11-25-12-10-21)14-20-19(22)8-13-26(23,24)17-6-4-16(3)5-7-17/h4-7,15,18H,8-14H2,1-3H3,(H,20,22). The second-order valence-corrected chi connectivity index (χ2v) is 9.25. The highest BCUT2D eigenvalue weighted by atomic mass is 32.2. The van der Waals surface area contributed by atoms with Crippen molar-refractivity contribution < 1.29 is 17.9 Å². The lowest BCUT2D eigenvalue weighted by Gasteiger charge is -2.36. The summed E-state index contributed by atoms with van der Waals surface area (Å²) in [4.78, 5) is 14.8. The molecule has 2 rings (SSSR count). The lowest BCUT2D eigenvalue weighted by Crippen LogP contribution is -2.51. The van der Waals surface area contributed by atoms with Crippen LogP contribution in [0.5, 0.6) is 0 Å². The van der Waals surface area contributed by atoms with E-state index in [-0.39, 0.29) is 29.0 Å². The molecular formula is C19H30N2O4S. The molecule has 0 bridgehead atoms. The molecule has 0 aliphatic carbocycles. The number of benzene rings is 1. The van der Waals surface area contributed by atoms with Gasteiger partial charge in [-0.15, -0.1) is 0 Å². The molecule has 1 aliphatic heterocycles. The van der Waals surface area contributed by atoms with Crippen molar-refractivity contribution in [3.8, 4) is 0 Å². The average Bonchev–Trinajstić information content (AvgIpc) is 2.61. The third kappa shape index (κ3) is 6.07. The number of morpholine rings is 1. The molecule has 26 heavy (non-hydrogen) atoms. The summed E-state index contributed by atoms with van der Waals surface area (Å²) < 4.78 is 30.1. The molecule has 1 amide bonds. The number of carbonyl (C=O) groups is 1. The SMILES string of the molecule is Cc1ccc(S(=O)(=O)CCC(=O)NCC(C(C)C)N2CCOCC2)cc1. The number of amides is 1. The van der Waals surface area contributed by atoms with Crippen LogP contribution in [0.15, 0.2) is 29.2 Å². The Hall–Kier alpha value is -1.44. The molecule has 1 aliphatic rings. The van der Waals surface area contributed by atoms with E-state index in [9.17, 15) is 13.2 Å². The van der Waals surface area contributed by atoms with Gasteiger partial charge in [0.25, 0.3) is 0 Å². The number of nitrogens with zero attached hydrogens (tertiary/aromatic N) is 1. The Labute approximate surface area is 156 Å².